The minimum absolute atomic E-state index is 0.0400. The van der Waals surface area contributed by atoms with Gasteiger partial charge in [0.25, 0.3) is 5.56 Å². The molecule has 3 rings (SSSR count). The lowest BCUT2D eigenvalue weighted by Crippen LogP contribution is -2.25. The van der Waals surface area contributed by atoms with Crippen molar-refractivity contribution in [2.24, 2.45) is 0 Å². The molecule has 0 radical (unpaired) electrons. The number of alkyl halides is 1. The first kappa shape index (κ1) is 10.8. The summed E-state index contributed by atoms with van der Waals surface area (Å²) in [5.41, 5.74) is 0.787. The van der Waals surface area contributed by atoms with Gasteiger partial charge in [-0.25, -0.2) is 4.98 Å². The quantitative estimate of drug-likeness (QED) is 0.672. The molecule has 0 aliphatic carbocycles. The van der Waals surface area contributed by atoms with Crippen LogP contribution >= 0.6 is 11.6 Å². The van der Waals surface area contributed by atoms with Crippen LogP contribution in [-0.2, 0) is 6.54 Å². The highest BCUT2D eigenvalue weighted by Crippen LogP contribution is 2.28. The van der Waals surface area contributed by atoms with Gasteiger partial charge in [0.15, 0.2) is 0 Å². The van der Waals surface area contributed by atoms with Crippen molar-refractivity contribution in [2.45, 2.75) is 31.2 Å². The number of rotatable bonds is 0. The average molecular weight is 249 g/mol. The van der Waals surface area contributed by atoms with E-state index in [2.05, 4.69) is 4.98 Å². The van der Waals surface area contributed by atoms with Gasteiger partial charge in [-0.2, -0.15) is 0 Å². The van der Waals surface area contributed by atoms with Crippen molar-refractivity contribution >= 4 is 22.5 Å². The standard InChI is InChI=1S/C13H13ClN2O/c14-10-6-3-4-8-16-12(10)15-11-7-2-1-5-9(11)13(16)17/h1-2,5,7,10H,3-4,6,8H2. The first-order valence-corrected chi connectivity index (χ1v) is 6.34. The maximum absolute atomic E-state index is 12.3. The van der Waals surface area contributed by atoms with Crippen LogP contribution in [0, 0.1) is 0 Å². The van der Waals surface area contributed by atoms with Crippen molar-refractivity contribution in [1.82, 2.24) is 9.55 Å². The number of hydrogen-bond acceptors (Lipinski definition) is 2. The molecule has 0 saturated carbocycles. The molecular formula is C13H13ClN2O. The zero-order chi connectivity index (χ0) is 11.8. The first-order valence-electron chi connectivity index (χ1n) is 5.91. The molecule has 1 atom stereocenters. The van der Waals surface area contributed by atoms with Crippen molar-refractivity contribution in [3.05, 3.63) is 40.4 Å². The van der Waals surface area contributed by atoms with Crippen molar-refractivity contribution in [3.63, 3.8) is 0 Å². The van der Waals surface area contributed by atoms with E-state index >= 15 is 0 Å². The summed E-state index contributed by atoms with van der Waals surface area (Å²) in [6, 6.07) is 7.46. The smallest absolute Gasteiger partial charge is 0.261 e. The zero-order valence-electron chi connectivity index (χ0n) is 9.40. The van der Waals surface area contributed by atoms with Crippen molar-refractivity contribution in [2.75, 3.05) is 0 Å². The van der Waals surface area contributed by atoms with Crippen molar-refractivity contribution < 1.29 is 0 Å². The number of benzene rings is 1. The van der Waals surface area contributed by atoms with E-state index in [1.807, 2.05) is 24.3 Å². The summed E-state index contributed by atoms with van der Waals surface area (Å²) >= 11 is 6.30. The molecule has 3 nitrogen and oxygen atoms in total. The summed E-state index contributed by atoms with van der Waals surface area (Å²) in [6.07, 6.45) is 2.94. The molecule has 4 heteroatoms. The van der Waals surface area contributed by atoms with Crippen LogP contribution in [0.25, 0.3) is 10.9 Å². The van der Waals surface area contributed by atoms with Crippen molar-refractivity contribution in [1.29, 1.82) is 0 Å². The maximum Gasteiger partial charge on any atom is 0.261 e. The fourth-order valence-corrected chi connectivity index (χ4v) is 2.68. The van der Waals surface area contributed by atoms with Crippen LogP contribution in [0.5, 0.6) is 0 Å². The van der Waals surface area contributed by atoms with E-state index in [0.29, 0.717) is 5.39 Å². The Morgan fingerprint density at radius 3 is 3.00 bits per heavy atom. The second-order valence-corrected chi connectivity index (χ2v) is 4.93. The summed E-state index contributed by atoms with van der Waals surface area (Å²) in [5.74, 6) is 0.730. The molecule has 0 amide bonds. The SMILES string of the molecule is O=c1c2ccccc2nc2n1CCCCC2Cl. The molecule has 0 N–H and O–H groups in total. The fourth-order valence-electron chi connectivity index (χ4n) is 2.36. The second kappa shape index (κ2) is 4.15. The molecule has 0 fully saturated rings. The number of nitrogens with zero attached hydrogens (tertiary/aromatic N) is 2. The third kappa shape index (κ3) is 1.75. The van der Waals surface area contributed by atoms with Gasteiger partial charge in [-0.3, -0.25) is 9.36 Å². The van der Waals surface area contributed by atoms with Crippen LogP contribution in [0.2, 0.25) is 0 Å². The van der Waals surface area contributed by atoms with Gasteiger partial charge in [-0.1, -0.05) is 12.1 Å². The molecular weight excluding hydrogens is 236 g/mol. The van der Waals surface area contributed by atoms with Crippen LogP contribution < -0.4 is 5.56 Å². The highest BCUT2D eigenvalue weighted by atomic mass is 35.5. The van der Waals surface area contributed by atoms with E-state index in [1.165, 1.54) is 0 Å². The van der Waals surface area contributed by atoms with Crippen LogP contribution in [-0.4, -0.2) is 9.55 Å². The van der Waals surface area contributed by atoms with E-state index in [9.17, 15) is 4.79 Å². The Kier molecular flexibility index (Phi) is 2.63. The molecule has 1 aliphatic rings. The van der Waals surface area contributed by atoms with Crippen molar-refractivity contribution in [3.8, 4) is 0 Å². The third-order valence-electron chi connectivity index (χ3n) is 3.26. The van der Waals surface area contributed by atoms with Gasteiger partial charge >= 0.3 is 0 Å². The van der Waals surface area contributed by atoms with Gasteiger partial charge in [0.1, 0.15) is 5.82 Å². The highest BCUT2D eigenvalue weighted by molar-refractivity contribution is 6.20. The topological polar surface area (TPSA) is 34.9 Å². The number of hydrogen-bond donors (Lipinski definition) is 0. The summed E-state index contributed by atoms with van der Waals surface area (Å²) in [7, 11) is 0. The van der Waals surface area contributed by atoms with E-state index in [4.69, 9.17) is 11.6 Å². The van der Waals surface area contributed by atoms with E-state index < -0.39 is 0 Å². The molecule has 1 aromatic heterocycles. The summed E-state index contributed by atoms with van der Waals surface area (Å²) in [6.45, 7) is 0.731. The lowest BCUT2D eigenvalue weighted by molar-refractivity contribution is 0.614. The molecule has 1 aromatic carbocycles. The lowest BCUT2D eigenvalue weighted by Gasteiger charge is -2.12. The normalized spacial score (nSPS) is 19.9. The minimum atomic E-state index is -0.144. The van der Waals surface area contributed by atoms with E-state index in [-0.39, 0.29) is 10.9 Å². The van der Waals surface area contributed by atoms with Crippen LogP contribution in [0.3, 0.4) is 0 Å². The summed E-state index contributed by atoms with van der Waals surface area (Å²) in [5, 5.41) is 0.539. The maximum atomic E-state index is 12.3. The zero-order valence-corrected chi connectivity index (χ0v) is 10.2. The summed E-state index contributed by atoms with van der Waals surface area (Å²) < 4.78 is 1.74. The number of para-hydroxylation sites is 1. The molecule has 0 bridgehead atoms. The Hall–Kier alpha value is -1.35. The predicted molar refractivity (Wildman–Crippen MR) is 68.4 cm³/mol. The Morgan fingerprint density at radius 2 is 2.12 bits per heavy atom. The lowest BCUT2D eigenvalue weighted by atomic mass is 10.2. The van der Waals surface area contributed by atoms with Crippen LogP contribution in [0.15, 0.2) is 29.1 Å². The van der Waals surface area contributed by atoms with Gasteiger partial charge in [-0.15, -0.1) is 11.6 Å². The van der Waals surface area contributed by atoms with Crippen LogP contribution in [0.4, 0.5) is 0 Å². The monoisotopic (exact) mass is 248 g/mol. The molecule has 0 saturated heterocycles. The molecule has 17 heavy (non-hydrogen) atoms. The third-order valence-corrected chi connectivity index (χ3v) is 3.67. The Bertz CT molecular complexity index is 620. The molecule has 2 heterocycles. The Labute approximate surface area is 104 Å². The van der Waals surface area contributed by atoms with E-state index in [0.717, 1.165) is 37.1 Å². The molecule has 2 aromatic rings. The average Bonchev–Trinajstić information content (AvgIpc) is 2.53. The van der Waals surface area contributed by atoms with Crippen LogP contribution in [0.1, 0.15) is 30.5 Å². The summed E-state index contributed by atoms with van der Waals surface area (Å²) in [4.78, 5) is 16.9. The molecule has 1 aliphatic heterocycles. The minimum Gasteiger partial charge on any atom is -0.295 e. The number of fused-ring (bicyclic) bond motifs is 2. The molecule has 0 spiro atoms. The fraction of sp³-hybridized carbons (Fsp3) is 0.385. The molecule has 1 unspecified atom stereocenters. The van der Waals surface area contributed by atoms with E-state index in [1.54, 1.807) is 4.57 Å². The van der Waals surface area contributed by atoms with Gasteiger partial charge in [0, 0.05) is 6.54 Å². The number of aromatic nitrogens is 2. The Morgan fingerprint density at radius 1 is 1.29 bits per heavy atom. The van der Waals surface area contributed by atoms with Gasteiger partial charge in [0.2, 0.25) is 0 Å². The van der Waals surface area contributed by atoms with Gasteiger partial charge in [-0.05, 0) is 31.4 Å². The highest BCUT2D eigenvalue weighted by Gasteiger charge is 2.20. The second-order valence-electron chi connectivity index (χ2n) is 4.41. The van der Waals surface area contributed by atoms with Gasteiger partial charge in [0.05, 0.1) is 16.3 Å². The molecule has 88 valence electrons. The Balaban J connectivity index is 2.36. The largest absolute Gasteiger partial charge is 0.295 e. The predicted octanol–water partition coefficient (Wildman–Crippen LogP) is 2.86. The number of halogens is 1. The van der Waals surface area contributed by atoms with Gasteiger partial charge < -0.3 is 0 Å². The first-order chi connectivity index (χ1) is 8.27.